The van der Waals surface area contributed by atoms with E-state index in [9.17, 15) is 4.79 Å². The van der Waals surface area contributed by atoms with E-state index in [0.29, 0.717) is 19.6 Å². The van der Waals surface area contributed by atoms with Gasteiger partial charge in [0, 0.05) is 23.4 Å². The molecule has 0 spiro atoms. The Balaban J connectivity index is 2.78. The van der Waals surface area contributed by atoms with Crippen molar-refractivity contribution in [3.8, 4) is 0 Å². The summed E-state index contributed by atoms with van der Waals surface area (Å²) in [5, 5.41) is 0. The maximum absolute atomic E-state index is 11.6. The van der Waals surface area contributed by atoms with Crippen LogP contribution in [0.2, 0.25) is 0 Å². The lowest BCUT2D eigenvalue weighted by molar-refractivity contribution is -0.134. The van der Waals surface area contributed by atoms with E-state index < -0.39 is 0 Å². The first kappa shape index (κ1) is 19.3. The minimum atomic E-state index is -0.305. The van der Waals surface area contributed by atoms with E-state index in [1.54, 1.807) is 14.0 Å². The van der Waals surface area contributed by atoms with Crippen LogP contribution in [0.1, 0.15) is 32.8 Å². The van der Waals surface area contributed by atoms with Gasteiger partial charge in [-0.05, 0) is 24.6 Å². The molecule has 124 valence electrons. The summed E-state index contributed by atoms with van der Waals surface area (Å²) in [5.41, 5.74) is 0.810. The van der Waals surface area contributed by atoms with Crippen LogP contribution in [-0.2, 0) is 24.4 Å². The first-order chi connectivity index (χ1) is 10.4. The van der Waals surface area contributed by atoms with Gasteiger partial charge in [0.1, 0.15) is 12.6 Å². The normalized spacial score (nSPS) is 13.1. The molecule has 0 saturated heterocycles. The third kappa shape index (κ3) is 6.16. The molecule has 1 aromatic rings. The molecule has 0 amide bonds. The van der Waals surface area contributed by atoms with Crippen LogP contribution in [0, 0.1) is 0 Å². The van der Waals surface area contributed by atoms with Crippen molar-refractivity contribution in [2.75, 3.05) is 27.1 Å². The number of carbonyl (C=O) groups excluding carboxylic acids is 1. The molecule has 0 aliphatic rings. The largest absolute Gasteiger partial charge is 0.382 e. The molecule has 0 unspecified atom stereocenters. The first-order valence-electron chi connectivity index (χ1n) is 7.31. The van der Waals surface area contributed by atoms with Crippen molar-refractivity contribution < 1.29 is 19.0 Å². The fraction of sp³-hybridized carbons (Fsp3) is 0.588. The summed E-state index contributed by atoms with van der Waals surface area (Å²) in [4.78, 5) is 11.6. The van der Waals surface area contributed by atoms with Gasteiger partial charge in [0.25, 0.3) is 0 Å². The highest BCUT2D eigenvalue weighted by atomic mass is 79.9. The van der Waals surface area contributed by atoms with Crippen molar-refractivity contribution in [3.63, 3.8) is 0 Å². The second-order valence-electron chi connectivity index (χ2n) is 5.81. The molecule has 1 rings (SSSR count). The summed E-state index contributed by atoms with van der Waals surface area (Å²) in [6.07, 6.45) is 0.106. The molecule has 0 N–H and O–H groups in total. The van der Waals surface area contributed by atoms with Crippen LogP contribution in [0.4, 0.5) is 0 Å². The van der Waals surface area contributed by atoms with Crippen LogP contribution < -0.4 is 0 Å². The molecule has 0 saturated carbocycles. The number of halogens is 1. The smallest absolute Gasteiger partial charge is 0.147 e. The van der Waals surface area contributed by atoms with Crippen LogP contribution in [0.5, 0.6) is 0 Å². The number of carbonyl (C=O) groups is 1. The zero-order chi connectivity index (χ0) is 16.6. The monoisotopic (exact) mass is 372 g/mol. The summed E-state index contributed by atoms with van der Waals surface area (Å²) in [6, 6.07) is 8.07. The van der Waals surface area contributed by atoms with Gasteiger partial charge in [0.05, 0.1) is 19.3 Å². The quantitative estimate of drug-likeness (QED) is 0.463. The van der Waals surface area contributed by atoms with Gasteiger partial charge in [0.15, 0.2) is 0 Å². The summed E-state index contributed by atoms with van der Waals surface area (Å²) >= 11 is 3.49. The van der Waals surface area contributed by atoms with Crippen molar-refractivity contribution in [2.24, 2.45) is 0 Å². The Hall–Kier alpha value is -0.750. The van der Waals surface area contributed by atoms with Crippen LogP contribution in [-0.4, -0.2) is 39.0 Å². The van der Waals surface area contributed by atoms with Gasteiger partial charge < -0.3 is 14.2 Å². The molecular weight excluding hydrogens is 348 g/mol. The van der Waals surface area contributed by atoms with E-state index in [1.165, 1.54) is 0 Å². The van der Waals surface area contributed by atoms with Crippen molar-refractivity contribution in [1.29, 1.82) is 0 Å². The zero-order valence-corrected chi connectivity index (χ0v) is 15.3. The van der Waals surface area contributed by atoms with E-state index in [4.69, 9.17) is 14.2 Å². The lowest BCUT2D eigenvalue weighted by Gasteiger charge is -2.34. The van der Waals surface area contributed by atoms with Gasteiger partial charge in [-0.3, -0.25) is 4.79 Å². The summed E-state index contributed by atoms with van der Waals surface area (Å²) in [6.45, 7) is 6.89. The van der Waals surface area contributed by atoms with Crippen molar-refractivity contribution in [2.45, 2.75) is 38.7 Å². The Morgan fingerprint density at radius 3 is 2.64 bits per heavy atom. The minimum Gasteiger partial charge on any atom is -0.382 e. The predicted octanol–water partition coefficient (Wildman–Crippen LogP) is 3.71. The minimum absolute atomic E-state index is 0.102. The molecular formula is C17H25BrO4. The molecule has 0 aliphatic carbocycles. The van der Waals surface area contributed by atoms with Gasteiger partial charge in [-0.25, -0.2) is 0 Å². The highest BCUT2D eigenvalue weighted by Crippen LogP contribution is 2.32. The first-order valence-corrected chi connectivity index (χ1v) is 8.11. The lowest BCUT2D eigenvalue weighted by atomic mass is 9.77. The van der Waals surface area contributed by atoms with E-state index in [2.05, 4.69) is 35.8 Å². The molecule has 0 radical (unpaired) electrons. The fourth-order valence-corrected chi connectivity index (χ4v) is 2.59. The number of Topliss-reactive ketones (excluding diaryl/α,β-unsaturated/α-hetero) is 1. The number of methoxy groups -OCH3 is 1. The number of ether oxygens (including phenoxy) is 3. The van der Waals surface area contributed by atoms with Gasteiger partial charge in [0.2, 0.25) is 0 Å². The molecule has 4 nitrogen and oxygen atoms in total. The fourth-order valence-electron chi connectivity index (χ4n) is 2.19. The SMILES string of the molecule is COCCOCO[C@@H](CC(C)=O)C(C)(C)c1cccc(Br)c1. The highest BCUT2D eigenvalue weighted by Gasteiger charge is 2.33. The molecule has 0 heterocycles. The van der Waals surface area contributed by atoms with E-state index >= 15 is 0 Å². The predicted molar refractivity (Wildman–Crippen MR) is 90.0 cm³/mol. The molecule has 0 aromatic heterocycles. The Labute approximate surface area is 141 Å². The Bertz CT molecular complexity index is 473. The van der Waals surface area contributed by atoms with Gasteiger partial charge in [-0.2, -0.15) is 0 Å². The lowest BCUT2D eigenvalue weighted by Crippen LogP contribution is -2.38. The second-order valence-corrected chi connectivity index (χ2v) is 6.73. The maximum atomic E-state index is 11.6. The van der Waals surface area contributed by atoms with Crippen molar-refractivity contribution in [3.05, 3.63) is 34.3 Å². The van der Waals surface area contributed by atoms with Crippen molar-refractivity contribution >= 4 is 21.7 Å². The number of rotatable bonds is 10. The number of ketones is 1. The Kier molecular flexibility index (Phi) is 8.25. The summed E-state index contributed by atoms with van der Waals surface area (Å²) < 4.78 is 17.2. The van der Waals surface area contributed by atoms with Crippen LogP contribution in [0.15, 0.2) is 28.7 Å². The van der Waals surface area contributed by atoms with E-state index in [-0.39, 0.29) is 24.1 Å². The molecule has 0 bridgehead atoms. The van der Waals surface area contributed by atoms with Crippen LogP contribution >= 0.6 is 15.9 Å². The van der Waals surface area contributed by atoms with E-state index in [0.717, 1.165) is 10.0 Å². The molecule has 1 aromatic carbocycles. The Morgan fingerprint density at radius 2 is 2.05 bits per heavy atom. The van der Waals surface area contributed by atoms with Crippen molar-refractivity contribution in [1.82, 2.24) is 0 Å². The third-order valence-electron chi connectivity index (χ3n) is 3.63. The van der Waals surface area contributed by atoms with Gasteiger partial charge in [-0.1, -0.05) is 41.9 Å². The van der Waals surface area contributed by atoms with Gasteiger partial charge in [-0.15, -0.1) is 0 Å². The standard InChI is InChI=1S/C17H25BrO4/c1-13(19)10-16(22-12-21-9-8-20-4)17(2,3)14-6-5-7-15(18)11-14/h5-7,11,16H,8-10,12H2,1-4H3/t16-/m0/s1. The molecule has 5 heteroatoms. The summed E-state index contributed by atoms with van der Waals surface area (Å²) in [7, 11) is 1.62. The number of hydrogen-bond acceptors (Lipinski definition) is 4. The molecule has 0 aliphatic heterocycles. The third-order valence-corrected chi connectivity index (χ3v) is 4.12. The average molecular weight is 373 g/mol. The van der Waals surface area contributed by atoms with E-state index in [1.807, 2.05) is 18.2 Å². The maximum Gasteiger partial charge on any atom is 0.147 e. The second kappa shape index (κ2) is 9.40. The summed E-state index contributed by atoms with van der Waals surface area (Å²) in [5.74, 6) is 0.102. The number of benzene rings is 1. The highest BCUT2D eigenvalue weighted by molar-refractivity contribution is 9.10. The topological polar surface area (TPSA) is 44.8 Å². The Morgan fingerprint density at radius 1 is 1.32 bits per heavy atom. The number of hydrogen-bond donors (Lipinski definition) is 0. The molecule has 0 fully saturated rings. The van der Waals surface area contributed by atoms with Crippen LogP contribution in [0.25, 0.3) is 0 Å². The molecule has 22 heavy (non-hydrogen) atoms. The average Bonchev–Trinajstić information content (AvgIpc) is 2.45. The van der Waals surface area contributed by atoms with Gasteiger partial charge >= 0.3 is 0 Å². The zero-order valence-electron chi connectivity index (χ0n) is 13.7. The molecule has 1 atom stereocenters. The van der Waals surface area contributed by atoms with Crippen LogP contribution in [0.3, 0.4) is 0 Å².